The molecule has 0 bridgehead atoms. The summed E-state index contributed by atoms with van der Waals surface area (Å²) in [6.07, 6.45) is 3.33. The van der Waals surface area contributed by atoms with Gasteiger partial charge in [-0.15, -0.1) is 11.5 Å². The van der Waals surface area contributed by atoms with Crippen molar-refractivity contribution in [3.05, 3.63) is 106 Å². The van der Waals surface area contributed by atoms with Crippen molar-refractivity contribution in [2.45, 2.75) is 32.4 Å². The van der Waals surface area contributed by atoms with Gasteiger partial charge in [-0.2, -0.15) is 0 Å². The van der Waals surface area contributed by atoms with Crippen molar-refractivity contribution in [1.82, 2.24) is 15.1 Å². The minimum Gasteiger partial charge on any atom is -0.362 e. The molecule has 0 unspecified atom stereocenters. The molecule has 2 fully saturated rings. The fraction of sp³-hybridized carbons (Fsp3) is 0.269. The van der Waals surface area contributed by atoms with Crippen LogP contribution in [-0.2, 0) is 11.3 Å². The van der Waals surface area contributed by atoms with Crippen molar-refractivity contribution in [2.24, 2.45) is 0 Å². The second-order valence-corrected chi connectivity index (χ2v) is 7.88. The standard InChI is InChI=1S/C26H25F2N3O/c1-5-19-20(6-2)25-22(7-3)30(8-4)15-18-11-12-23(31(18)25)24(19)26(32)29-14-16-9-10-17(27)13-21(16)28/h6,9-10,13,18H,1-3,8,11-12,14-15H2,4H3,(H,29,32)/t18-/m0/s1. The quantitative estimate of drug-likeness (QED) is 0.696. The molecule has 1 N–H and O–H groups in total. The molecule has 1 aromatic rings. The van der Waals surface area contributed by atoms with Gasteiger partial charge in [0.25, 0.3) is 5.91 Å². The van der Waals surface area contributed by atoms with Gasteiger partial charge in [-0.3, -0.25) is 4.79 Å². The zero-order chi connectivity index (χ0) is 23.0. The number of halogens is 2. The number of allylic oxidation sites excluding steroid dienone is 3. The van der Waals surface area contributed by atoms with E-state index in [0.29, 0.717) is 11.1 Å². The summed E-state index contributed by atoms with van der Waals surface area (Å²) in [7, 11) is 0. The Morgan fingerprint density at radius 3 is 2.72 bits per heavy atom. The maximum absolute atomic E-state index is 14.0. The van der Waals surface area contributed by atoms with Gasteiger partial charge in [-0.1, -0.05) is 31.9 Å². The second-order valence-electron chi connectivity index (χ2n) is 7.88. The number of hydrogen-bond acceptors (Lipinski definition) is 3. The second kappa shape index (κ2) is 8.51. The molecule has 2 saturated heterocycles. The number of carbonyl (C=O) groups excluding carboxylic acids is 1. The third-order valence-electron chi connectivity index (χ3n) is 6.26. The first-order chi connectivity index (χ1) is 15.4. The van der Waals surface area contributed by atoms with Crippen LogP contribution in [0.5, 0.6) is 0 Å². The van der Waals surface area contributed by atoms with Crippen LogP contribution in [0.15, 0.2) is 89.3 Å². The summed E-state index contributed by atoms with van der Waals surface area (Å²) in [6, 6.07) is 3.53. The Morgan fingerprint density at radius 2 is 2.09 bits per heavy atom. The molecule has 4 rings (SSSR count). The van der Waals surface area contributed by atoms with Gasteiger partial charge in [0, 0.05) is 48.1 Å². The SMILES string of the molecule is C=C=C1C(C=C)=C2C(=C=C)N(CC)C[C@@H]3CCC(=C1C(=O)NCc1ccc(F)cc1F)N23. The van der Waals surface area contributed by atoms with Gasteiger partial charge in [-0.05, 0) is 25.8 Å². The average Bonchev–Trinajstić information content (AvgIpc) is 3.21. The maximum Gasteiger partial charge on any atom is 0.254 e. The number of nitrogens with zero attached hydrogens (tertiary/aromatic N) is 2. The van der Waals surface area contributed by atoms with Gasteiger partial charge in [-0.25, -0.2) is 8.78 Å². The van der Waals surface area contributed by atoms with E-state index >= 15 is 0 Å². The third kappa shape index (κ3) is 3.34. The molecular weight excluding hydrogens is 408 g/mol. The number of amides is 1. The van der Waals surface area contributed by atoms with E-state index in [1.807, 2.05) is 0 Å². The lowest BCUT2D eigenvalue weighted by Gasteiger charge is -2.45. The van der Waals surface area contributed by atoms with E-state index < -0.39 is 11.6 Å². The molecule has 32 heavy (non-hydrogen) atoms. The van der Waals surface area contributed by atoms with Gasteiger partial charge >= 0.3 is 0 Å². The predicted octanol–water partition coefficient (Wildman–Crippen LogP) is 4.47. The van der Waals surface area contributed by atoms with Crippen molar-refractivity contribution >= 4 is 5.91 Å². The Labute approximate surface area is 186 Å². The highest BCUT2D eigenvalue weighted by atomic mass is 19.1. The lowest BCUT2D eigenvalue weighted by Crippen LogP contribution is -2.48. The van der Waals surface area contributed by atoms with E-state index in [0.717, 1.165) is 54.7 Å². The Hall–Kier alpha value is -3.59. The van der Waals surface area contributed by atoms with Crippen LogP contribution in [0.2, 0.25) is 0 Å². The zero-order valence-corrected chi connectivity index (χ0v) is 18.1. The van der Waals surface area contributed by atoms with E-state index in [-0.39, 0.29) is 24.1 Å². The molecule has 0 aromatic heterocycles. The molecule has 164 valence electrons. The molecule has 1 atom stereocenters. The normalized spacial score (nSPS) is 19.7. The van der Waals surface area contributed by atoms with E-state index in [4.69, 9.17) is 0 Å². The summed E-state index contributed by atoms with van der Waals surface area (Å²) in [5.74, 6) is -1.71. The first-order valence-electron chi connectivity index (χ1n) is 10.6. The largest absolute Gasteiger partial charge is 0.362 e. The highest BCUT2D eigenvalue weighted by molar-refractivity contribution is 6.01. The Bertz CT molecular complexity index is 1180. The molecule has 6 heteroatoms. The number of carbonyl (C=O) groups is 1. The molecule has 1 amide bonds. The van der Waals surface area contributed by atoms with Crippen molar-refractivity contribution in [1.29, 1.82) is 0 Å². The van der Waals surface area contributed by atoms with Gasteiger partial charge < -0.3 is 15.1 Å². The number of nitrogens with one attached hydrogen (secondary N) is 1. The summed E-state index contributed by atoms with van der Waals surface area (Å²) in [6.45, 7) is 15.4. The number of likely N-dealkylation sites (N-methyl/N-ethyl adjacent to an activating group) is 1. The molecule has 3 heterocycles. The van der Waals surface area contributed by atoms with Gasteiger partial charge in [0.2, 0.25) is 0 Å². The predicted molar refractivity (Wildman–Crippen MR) is 120 cm³/mol. The van der Waals surface area contributed by atoms with Gasteiger partial charge in [0.1, 0.15) is 17.3 Å². The smallest absolute Gasteiger partial charge is 0.254 e. The molecular formula is C26H25F2N3O. The fourth-order valence-corrected chi connectivity index (χ4v) is 4.81. The summed E-state index contributed by atoms with van der Waals surface area (Å²) < 4.78 is 27.2. The molecule has 0 spiro atoms. The first kappa shape index (κ1) is 21.6. The lowest BCUT2D eigenvalue weighted by atomic mass is 9.88. The Balaban J connectivity index is 1.75. The number of hydrogen-bond donors (Lipinski definition) is 1. The van der Waals surface area contributed by atoms with Crippen LogP contribution >= 0.6 is 0 Å². The number of benzene rings is 1. The van der Waals surface area contributed by atoms with E-state index in [9.17, 15) is 13.6 Å². The highest BCUT2D eigenvalue weighted by Gasteiger charge is 2.45. The summed E-state index contributed by atoms with van der Waals surface area (Å²) >= 11 is 0. The maximum atomic E-state index is 14.0. The average molecular weight is 434 g/mol. The number of rotatable bonds is 5. The summed E-state index contributed by atoms with van der Waals surface area (Å²) in [5.41, 5.74) is 10.7. The first-order valence-corrected chi connectivity index (χ1v) is 10.6. The van der Waals surface area contributed by atoms with Crippen LogP contribution in [0.1, 0.15) is 25.3 Å². The summed E-state index contributed by atoms with van der Waals surface area (Å²) in [5, 5.41) is 2.78. The Kier molecular flexibility index (Phi) is 5.75. The molecule has 1 aromatic carbocycles. The molecule has 3 aliphatic heterocycles. The van der Waals surface area contributed by atoms with Crippen molar-refractivity contribution in [3.8, 4) is 0 Å². The van der Waals surface area contributed by atoms with Crippen LogP contribution in [-0.4, -0.2) is 34.8 Å². The minimum atomic E-state index is -0.697. The third-order valence-corrected chi connectivity index (χ3v) is 6.26. The van der Waals surface area contributed by atoms with Crippen LogP contribution in [0.25, 0.3) is 0 Å². The minimum absolute atomic E-state index is 0.0585. The molecule has 3 aliphatic rings. The summed E-state index contributed by atoms with van der Waals surface area (Å²) in [4.78, 5) is 17.8. The molecule has 0 aliphatic carbocycles. The monoisotopic (exact) mass is 433 g/mol. The van der Waals surface area contributed by atoms with Crippen molar-refractivity contribution < 1.29 is 13.6 Å². The number of piperazine rings is 1. The highest BCUT2D eigenvalue weighted by Crippen LogP contribution is 2.48. The van der Waals surface area contributed by atoms with Crippen LogP contribution in [0, 0.1) is 11.6 Å². The zero-order valence-electron chi connectivity index (χ0n) is 18.1. The Morgan fingerprint density at radius 1 is 1.31 bits per heavy atom. The van der Waals surface area contributed by atoms with Crippen molar-refractivity contribution in [2.75, 3.05) is 13.1 Å². The van der Waals surface area contributed by atoms with Crippen LogP contribution in [0.4, 0.5) is 8.78 Å². The van der Waals surface area contributed by atoms with E-state index in [1.165, 1.54) is 12.1 Å². The molecule has 0 radical (unpaired) electrons. The van der Waals surface area contributed by atoms with E-state index in [2.05, 4.69) is 53.2 Å². The fourth-order valence-electron chi connectivity index (χ4n) is 4.81. The van der Waals surface area contributed by atoms with Crippen molar-refractivity contribution in [3.63, 3.8) is 0 Å². The van der Waals surface area contributed by atoms with Crippen LogP contribution < -0.4 is 5.32 Å². The lowest BCUT2D eigenvalue weighted by molar-refractivity contribution is -0.117. The molecule has 4 nitrogen and oxygen atoms in total. The molecule has 0 saturated carbocycles. The van der Waals surface area contributed by atoms with Gasteiger partial charge in [0.15, 0.2) is 0 Å². The van der Waals surface area contributed by atoms with Crippen LogP contribution in [0.3, 0.4) is 0 Å². The topological polar surface area (TPSA) is 35.6 Å². The van der Waals surface area contributed by atoms with Gasteiger partial charge in [0.05, 0.1) is 17.3 Å². The van der Waals surface area contributed by atoms with E-state index in [1.54, 1.807) is 6.08 Å².